The van der Waals surface area contributed by atoms with Crippen molar-refractivity contribution in [2.75, 3.05) is 31.1 Å². The van der Waals surface area contributed by atoms with Gasteiger partial charge >= 0.3 is 0 Å². The van der Waals surface area contributed by atoms with E-state index in [1.165, 1.54) is 31.5 Å². The number of likely N-dealkylation sites (tertiary alicyclic amines) is 1. The highest BCUT2D eigenvalue weighted by molar-refractivity contribution is 6.24. The summed E-state index contributed by atoms with van der Waals surface area (Å²) in [6, 6.07) is 8.37. The van der Waals surface area contributed by atoms with E-state index in [1.54, 1.807) is 4.90 Å². The van der Waals surface area contributed by atoms with Crippen molar-refractivity contribution in [3.63, 3.8) is 0 Å². The molecule has 1 aromatic rings. The average Bonchev–Trinajstić information content (AvgIpc) is 3.07. The molecule has 1 aromatic carbocycles. The van der Waals surface area contributed by atoms with Crippen molar-refractivity contribution in [3.8, 4) is 0 Å². The van der Waals surface area contributed by atoms with Crippen molar-refractivity contribution in [2.24, 2.45) is 0 Å². The summed E-state index contributed by atoms with van der Waals surface area (Å²) in [7, 11) is 0. The number of alkyl halides is 1. The van der Waals surface area contributed by atoms with Crippen LogP contribution in [0.3, 0.4) is 0 Å². The summed E-state index contributed by atoms with van der Waals surface area (Å²) >= 11 is 6.04. The Morgan fingerprint density at radius 3 is 2.45 bits per heavy atom. The largest absolute Gasteiger partial charge is 0.311 e. The number of anilines is 1. The molecule has 0 bridgehead atoms. The second-order valence-electron chi connectivity index (χ2n) is 5.77. The highest BCUT2D eigenvalue weighted by Crippen LogP contribution is 2.24. The normalized spacial score (nSPS) is 23.8. The van der Waals surface area contributed by atoms with Crippen LogP contribution in [0.5, 0.6) is 0 Å². The molecule has 3 nitrogen and oxygen atoms in total. The number of hydrogen-bond donors (Lipinski definition) is 0. The lowest BCUT2D eigenvalue weighted by atomic mass is 10.1. The smallest absolute Gasteiger partial charge is 0.228 e. The van der Waals surface area contributed by atoms with E-state index in [0.717, 1.165) is 18.7 Å². The van der Waals surface area contributed by atoms with Crippen molar-refractivity contribution in [2.45, 2.75) is 31.1 Å². The van der Waals surface area contributed by atoms with E-state index in [0.29, 0.717) is 13.0 Å². The highest BCUT2D eigenvalue weighted by atomic mass is 35.5. The van der Waals surface area contributed by atoms with Crippen LogP contribution in [0.1, 0.15) is 24.8 Å². The molecular formula is C16H21ClN2O. The van der Waals surface area contributed by atoms with E-state index in [1.807, 2.05) is 12.1 Å². The monoisotopic (exact) mass is 292 g/mol. The van der Waals surface area contributed by atoms with Gasteiger partial charge in [-0.25, -0.2) is 0 Å². The number of amides is 1. The van der Waals surface area contributed by atoms with Crippen molar-refractivity contribution >= 4 is 23.2 Å². The Bertz CT molecular complexity index is 468. The molecule has 1 atom stereocenters. The van der Waals surface area contributed by atoms with E-state index in [4.69, 9.17) is 11.6 Å². The summed E-state index contributed by atoms with van der Waals surface area (Å²) in [4.78, 5) is 16.1. The van der Waals surface area contributed by atoms with Gasteiger partial charge in [0.05, 0.1) is 5.38 Å². The fourth-order valence-corrected chi connectivity index (χ4v) is 3.32. The number of hydrogen-bond acceptors (Lipinski definition) is 2. The highest BCUT2D eigenvalue weighted by Gasteiger charge is 2.28. The second kappa shape index (κ2) is 6.15. The molecule has 0 N–H and O–H groups in total. The minimum atomic E-state index is -0.0441. The lowest BCUT2D eigenvalue weighted by Crippen LogP contribution is -2.24. The summed E-state index contributed by atoms with van der Waals surface area (Å²) in [5.41, 5.74) is 2.32. The molecule has 2 aliphatic heterocycles. The maximum absolute atomic E-state index is 11.8. The van der Waals surface area contributed by atoms with Gasteiger partial charge in [0.25, 0.3) is 0 Å². The quantitative estimate of drug-likeness (QED) is 0.797. The maximum Gasteiger partial charge on any atom is 0.228 e. The van der Waals surface area contributed by atoms with Gasteiger partial charge in [-0.05, 0) is 50.0 Å². The topological polar surface area (TPSA) is 23.6 Å². The molecule has 2 heterocycles. The van der Waals surface area contributed by atoms with Crippen LogP contribution in [0, 0.1) is 0 Å². The van der Waals surface area contributed by atoms with Crippen molar-refractivity contribution < 1.29 is 4.79 Å². The van der Waals surface area contributed by atoms with Gasteiger partial charge in [-0.15, -0.1) is 11.6 Å². The average molecular weight is 293 g/mol. The number of carbonyl (C=O) groups is 1. The van der Waals surface area contributed by atoms with Gasteiger partial charge in [-0.3, -0.25) is 4.79 Å². The van der Waals surface area contributed by atoms with Gasteiger partial charge in [0.1, 0.15) is 0 Å². The molecule has 3 rings (SSSR count). The summed E-state index contributed by atoms with van der Waals surface area (Å²) in [6.07, 6.45) is 4.23. The third-order valence-electron chi connectivity index (χ3n) is 4.24. The first-order valence-corrected chi connectivity index (χ1v) is 7.92. The molecule has 20 heavy (non-hydrogen) atoms. The van der Waals surface area contributed by atoms with Gasteiger partial charge in [-0.2, -0.15) is 0 Å². The Kier molecular flexibility index (Phi) is 4.27. The van der Waals surface area contributed by atoms with Gasteiger partial charge in [0, 0.05) is 25.2 Å². The van der Waals surface area contributed by atoms with Crippen LogP contribution < -0.4 is 4.90 Å². The zero-order chi connectivity index (χ0) is 13.9. The number of nitrogens with zero attached hydrogens (tertiary/aromatic N) is 2. The van der Waals surface area contributed by atoms with E-state index < -0.39 is 0 Å². The minimum Gasteiger partial charge on any atom is -0.311 e. The SMILES string of the molecule is O=C1CC(Cl)CN1c1ccc(CCN2CCCC2)cc1. The van der Waals surface area contributed by atoms with Crippen LogP contribution in [-0.2, 0) is 11.2 Å². The van der Waals surface area contributed by atoms with Crippen molar-refractivity contribution in [3.05, 3.63) is 29.8 Å². The van der Waals surface area contributed by atoms with E-state index in [2.05, 4.69) is 17.0 Å². The lowest BCUT2D eigenvalue weighted by Gasteiger charge is -2.17. The molecule has 0 radical (unpaired) electrons. The number of rotatable bonds is 4. The zero-order valence-corrected chi connectivity index (χ0v) is 12.5. The molecule has 1 amide bonds. The maximum atomic E-state index is 11.8. The van der Waals surface area contributed by atoms with E-state index in [9.17, 15) is 4.79 Å². The Labute approximate surface area is 125 Å². The molecule has 108 valence electrons. The fraction of sp³-hybridized carbons (Fsp3) is 0.562. The van der Waals surface area contributed by atoms with Gasteiger partial charge in [0.2, 0.25) is 5.91 Å². The Morgan fingerprint density at radius 2 is 1.85 bits per heavy atom. The zero-order valence-electron chi connectivity index (χ0n) is 11.7. The van der Waals surface area contributed by atoms with Crippen LogP contribution in [-0.4, -0.2) is 42.4 Å². The molecule has 2 fully saturated rings. The second-order valence-corrected chi connectivity index (χ2v) is 6.39. The molecule has 4 heteroatoms. The molecule has 0 saturated carbocycles. The van der Waals surface area contributed by atoms with E-state index >= 15 is 0 Å². The number of benzene rings is 1. The van der Waals surface area contributed by atoms with Crippen LogP contribution in [0.15, 0.2) is 24.3 Å². The lowest BCUT2D eigenvalue weighted by molar-refractivity contribution is -0.117. The van der Waals surface area contributed by atoms with E-state index in [-0.39, 0.29) is 11.3 Å². The first kappa shape index (κ1) is 13.9. The van der Waals surface area contributed by atoms with Crippen LogP contribution in [0.4, 0.5) is 5.69 Å². The third-order valence-corrected chi connectivity index (χ3v) is 4.53. The first-order chi connectivity index (χ1) is 9.72. The number of halogens is 1. The van der Waals surface area contributed by atoms with Crippen LogP contribution >= 0.6 is 11.6 Å². The number of carbonyl (C=O) groups excluding carboxylic acids is 1. The molecule has 1 unspecified atom stereocenters. The molecule has 0 aromatic heterocycles. The predicted octanol–water partition coefficient (Wildman–Crippen LogP) is 2.67. The van der Waals surface area contributed by atoms with Crippen LogP contribution in [0.25, 0.3) is 0 Å². The fourth-order valence-electron chi connectivity index (χ4n) is 3.05. The van der Waals surface area contributed by atoms with Crippen molar-refractivity contribution in [1.82, 2.24) is 4.90 Å². The van der Waals surface area contributed by atoms with Gasteiger partial charge < -0.3 is 9.80 Å². The summed E-state index contributed by atoms with van der Waals surface area (Å²) in [6.45, 7) is 4.27. The minimum absolute atomic E-state index is 0.0441. The molecule has 0 aliphatic carbocycles. The molecular weight excluding hydrogens is 272 g/mol. The summed E-state index contributed by atoms with van der Waals surface area (Å²) in [5, 5.41) is -0.0441. The molecule has 0 spiro atoms. The summed E-state index contributed by atoms with van der Waals surface area (Å²) in [5.74, 6) is 0.134. The van der Waals surface area contributed by atoms with Gasteiger partial charge in [-0.1, -0.05) is 12.1 Å². The molecule has 2 aliphatic rings. The predicted molar refractivity (Wildman–Crippen MR) is 82.4 cm³/mol. The van der Waals surface area contributed by atoms with Crippen LogP contribution in [0.2, 0.25) is 0 Å². The van der Waals surface area contributed by atoms with Crippen molar-refractivity contribution in [1.29, 1.82) is 0 Å². The first-order valence-electron chi connectivity index (χ1n) is 7.48. The molecule has 2 saturated heterocycles. The Balaban J connectivity index is 1.58. The summed E-state index contributed by atoms with van der Waals surface area (Å²) < 4.78 is 0. The third kappa shape index (κ3) is 3.15. The Hall–Kier alpha value is -1.06. The standard InChI is InChI=1S/C16H21ClN2O/c17-14-11-16(20)19(12-14)15-5-3-13(4-6-15)7-10-18-8-1-2-9-18/h3-6,14H,1-2,7-12H2. The van der Waals surface area contributed by atoms with Gasteiger partial charge in [0.15, 0.2) is 0 Å². The Morgan fingerprint density at radius 1 is 1.15 bits per heavy atom.